The van der Waals surface area contributed by atoms with Crippen LogP contribution in [-0.2, 0) is 6.18 Å². The molecule has 0 bridgehead atoms. The highest BCUT2D eigenvalue weighted by molar-refractivity contribution is 5.71. The first-order valence-corrected chi connectivity index (χ1v) is 5.86. The zero-order valence-electron chi connectivity index (χ0n) is 10.5. The summed E-state index contributed by atoms with van der Waals surface area (Å²) in [4.78, 5) is 3.75. The fraction of sp³-hybridized carbons (Fsp3) is 0.0769. The predicted molar refractivity (Wildman–Crippen MR) is 68.5 cm³/mol. The van der Waals surface area contributed by atoms with Crippen molar-refractivity contribution in [1.29, 1.82) is 0 Å². The number of halogens is 3. The van der Waals surface area contributed by atoms with Crippen molar-refractivity contribution in [2.24, 2.45) is 0 Å². The first kappa shape index (κ1) is 13.2. The maximum atomic E-state index is 12.5. The Morgan fingerprint density at radius 3 is 2.57 bits per heavy atom. The number of nitrogens with two attached hydrogens (primary N) is 1. The zero-order chi connectivity index (χ0) is 15.0. The number of aromatic nitrogens is 3. The van der Waals surface area contributed by atoms with Gasteiger partial charge in [0.05, 0.1) is 30.0 Å². The lowest BCUT2D eigenvalue weighted by atomic mass is 10.2. The van der Waals surface area contributed by atoms with Gasteiger partial charge in [-0.3, -0.25) is 0 Å². The van der Waals surface area contributed by atoms with Crippen LogP contribution in [0.3, 0.4) is 0 Å². The van der Waals surface area contributed by atoms with Gasteiger partial charge in [0.25, 0.3) is 0 Å². The van der Waals surface area contributed by atoms with Gasteiger partial charge in [-0.15, -0.1) is 0 Å². The molecule has 0 aromatic carbocycles. The van der Waals surface area contributed by atoms with Crippen molar-refractivity contribution >= 4 is 5.69 Å². The van der Waals surface area contributed by atoms with E-state index in [-0.39, 0.29) is 5.82 Å². The maximum absolute atomic E-state index is 12.5. The van der Waals surface area contributed by atoms with Crippen LogP contribution >= 0.6 is 0 Å². The van der Waals surface area contributed by atoms with Gasteiger partial charge in [0.2, 0.25) is 0 Å². The van der Waals surface area contributed by atoms with Crippen LogP contribution in [0.25, 0.3) is 17.1 Å². The Labute approximate surface area is 116 Å². The standard InChI is InChI=1S/C13H9F3N4O/c14-13(15,16)9-1-2-11(18-5-9)20-6-10(17)12(19-20)8-3-4-21-7-8/h1-7H,17H2. The molecule has 0 saturated carbocycles. The molecular weight excluding hydrogens is 285 g/mol. The molecule has 3 rings (SSSR count). The molecule has 0 aliphatic rings. The summed E-state index contributed by atoms with van der Waals surface area (Å²) >= 11 is 0. The van der Waals surface area contributed by atoms with E-state index >= 15 is 0 Å². The van der Waals surface area contributed by atoms with Gasteiger partial charge in [-0.05, 0) is 18.2 Å². The van der Waals surface area contributed by atoms with Gasteiger partial charge in [-0.25, -0.2) is 9.67 Å². The van der Waals surface area contributed by atoms with Crippen molar-refractivity contribution in [3.8, 4) is 17.1 Å². The van der Waals surface area contributed by atoms with Crippen LogP contribution < -0.4 is 5.73 Å². The summed E-state index contributed by atoms with van der Waals surface area (Å²) in [5.41, 5.74) is 6.55. The van der Waals surface area contributed by atoms with E-state index in [4.69, 9.17) is 10.2 Å². The highest BCUT2D eigenvalue weighted by Crippen LogP contribution is 2.29. The number of hydrogen-bond acceptors (Lipinski definition) is 4. The van der Waals surface area contributed by atoms with Crippen LogP contribution in [0.5, 0.6) is 0 Å². The second kappa shape index (κ2) is 4.65. The summed E-state index contributed by atoms with van der Waals surface area (Å²) in [7, 11) is 0. The van der Waals surface area contributed by atoms with E-state index in [1.165, 1.54) is 29.5 Å². The number of anilines is 1. The first-order chi connectivity index (χ1) is 9.95. The third-order valence-electron chi connectivity index (χ3n) is 2.85. The number of rotatable bonds is 2. The lowest BCUT2D eigenvalue weighted by Gasteiger charge is -2.06. The van der Waals surface area contributed by atoms with E-state index < -0.39 is 11.7 Å². The molecule has 5 nitrogen and oxygen atoms in total. The number of pyridine rings is 1. The van der Waals surface area contributed by atoms with Gasteiger partial charge in [0.1, 0.15) is 5.69 Å². The highest BCUT2D eigenvalue weighted by Gasteiger charge is 2.30. The Morgan fingerprint density at radius 1 is 1.19 bits per heavy atom. The largest absolute Gasteiger partial charge is 0.472 e. The van der Waals surface area contributed by atoms with Crippen molar-refractivity contribution in [3.63, 3.8) is 0 Å². The number of nitrogens with zero attached hydrogens (tertiary/aromatic N) is 3. The van der Waals surface area contributed by atoms with Gasteiger partial charge >= 0.3 is 6.18 Å². The molecule has 3 heterocycles. The van der Waals surface area contributed by atoms with Gasteiger partial charge in [0, 0.05) is 11.8 Å². The molecule has 108 valence electrons. The highest BCUT2D eigenvalue weighted by atomic mass is 19.4. The molecular formula is C13H9F3N4O. The zero-order valence-corrected chi connectivity index (χ0v) is 10.5. The van der Waals surface area contributed by atoms with E-state index in [1.54, 1.807) is 6.07 Å². The molecule has 0 unspecified atom stereocenters. The van der Waals surface area contributed by atoms with Crippen LogP contribution in [0.2, 0.25) is 0 Å². The summed E-state index contributed by atoms with van der Waals surface area (Å²) in [5, 5.41) is 4.20. The van der Waals surface area contributed by atoms with E-state index in [9.17, 15) is 13.2 Å². The van der Waals surface area contributed by atoms with Crippen LogP contribution in [0.15, 0.2) is 47.5 Å². The van der Waals surface area contributed by atoms with Crippen LogP contribution in [0, 0.1) is 0 Å². The minimum absolute atomic E-state index is 0.240. The smallest absolute Gasteiger partial charge is 0.417 e. The van der Waals surface area contributed by atoms with Crippen molar-refractivity contribution in [2.75, 3.05) is 5.73 Å². The Kier molecular flexibility index (Phi) is 2.93. The van der Waals surface area contributed by atoms with Crippen LogP contribution in [-0.4, -0.2) is 14.8 Å². The molecule has 0 radical (unpaired) electrons. The second-order valence-corrected chi connectivity index (χ2v) is 4.29. The topological polar surface area (TPSA) is 69.9 Å². The minimum atomic E-state index is -4.42. The minimum Gasteiger partial charge on any atom is -0.472 e. The molecule has 0 spiro atoms. The van der Waals surface area contributed by atoms with Crippen molar-refractivity contribution in [2.45, 2.75) is 6.18 Å². The van der Waals surface area contributed by atoms with Crippen LogP contribution in [0.4, 0.5) is 18.9 Å². The molecule has 0 fully saturated rings. The van der Waals surface area contributed by atoms with Crippen molar-refractivity contribution in [3.05, 3.63) is 48.7 Å². The Morgan fingerprint density at radius 2 is 2.00 bits per heavy atom. The molecule has 0 amide bonds. The Bertz CT molecular complexity index is 745. The van der Waals surface area contributed by atoms with Gasteiger partial charge in [0.15, 0.2) is 5.82 Å². The SMILES string of the molecule is Nc1cn(-c2ccc(C(F)(F)F)cn2)nc1-c1ccoc1. The lowest BCUT2D eigenvalue weighted by molar-refractivity contribution is -0.137. The number of alkyl halides is 3. The first-order valence-electron chi connectivity index (χ1n) is 5.86. The second-order valence-electron chi connectivity index (χ2n) is 4.29. The van der Waals surface area contributed by atoms with E-state index in [0.29, 0.717) is 16.9 Å². The Balaban J connectivity index is 1.96. The summed E-state index contributed by atoms with van der Waals surface area (Å²) in [6.07, 6.45) is 0.771. The molecule has 0 atom stereocenters. The summed E-state index contributed by atoms with van der Waals surface area (Å²) in [5.74, 6) is 0.240. The molecule has 8 heteroatoms. The molecule has 0 aliphatic heterocycles. The summed E-state index contributed by atoms with van der Waals surface area (Å²) in [6, 6.07) is 3.86. The number of furan rings is 1. The average Bonchev–Trinajstić information content (AvgIpc) is 3.07. The third-order valence-corrected chi connectivity index (χ3v) is 2.85. The van der Waals surface area contributed by atoms with Crippen LogP contribution in [0.1, 0.15) is 5.56 Å². The monoisotopic (exact) mass is 294 g/mol. The fourth-order valence-electron chi connectivity index (χ4n) is 1.82. The third kappa shape index (κ3) is 2.47. The number of hydrogen-bond donors (Lipinski definition) is 1. The Hall–Kier alpha value is -2.77. The van der Waals surface area contributed by atoms with Gasteiger partial charge < -0.3 is 10.2 Å². The average molecular weight is 294 g/mol. The lowest BCUT2D eigenvalue weighted by Crippen LogP contribution is -2.07. The summed E-state index contributed by atoms with van der Waals surface area (Å²) < 4.78 is 43.7. The molecule has 21 heavy (non-hydrogen) atoms. The molecule has 0 saturated heterocycles. The predicted octanol–water partition coefficient (Wildman–Crippen LogP) is 3.13. The molecule has 3 aromatic rings. The quantitative estimate of drug-likeness (QED) is 0.788. The fourth-order valence-corrected chi connectivity index (χ4v) is 1.82. The molecule has 3 aromatic heterocycles. The van der Waals surface area contributed by atoms with Crippen molar-refractivity contribution in [1.82, 2.24) is 14.8 Å². The normalized spacial score (nSPS) is 11.8. The van der Waals surface area contributed by atoms with Gasteiger partial charge in [-0.2, -0.15) is 18.3 Å². The number of nitrogen functional groups attached to an aromatic ring is 1. The van der Waals surface area contributed by atoms with E-state index in [2.05, 4.69) is 10.1 Å². The summed E-state index contributed by atoms with van der Waals surface area (Å²) in [6.45, 7) is 0. The van der Waals surface area contributed by atoms with E-state index in [0.717, 1.165) is 12.3 Å². The van der Waals surface area contributed by atoms with Crippen molar-refractivity contribution < 1.29 is 17.6 Å². The van der Waals surface area contributed by atoms with E-state index in [1.807, 2.05) is 0 Å². The molecule has 0 aliphatic carbocycles. The molecule has 2 N–H and O–H groups in total. The van der Waals surface area contributed by atoms with Gasteiger partial charge in [-0.1, -0.05) is 0 Å². The maximum Gasteiger partial charge on any atom is 0.417 e.